The van der Waals surface area contributed by atoms with Crippen LogP contribution in [-0.4, -0.2) is 19.6 Å². The Morgan fingerprint density at radius 3 is 2.81 bits per heavy atom. The molecule has 0 spiro atoms. The standard InChI is InChI=1S/C17H19NO3/c1-13-6-3-4-8-15(13)16(20-2)12-18-17(19)10-9-14-7-5-11-21-14/h3-11,16H,12H2,1-2H3,(H,18,19)/b10-9+/t16-/m0/s1. The Hall–Kier alpha value is -2.33. The molecule has 0 aliphatic carbocycles. The zero-order valence-electron chi connectivity index (χ0n) is 12.2. The van der Waals surface area contributed by atoms with Crippen molar-refractivity contribution in [1.29, 1.82) is 0 Å². The first kappa shape index (κ1) is 15.1. The fraction of sp³-hybridized carbons (Fsp3) is 0.235. The highest BCUT2D eigenvalue weighted by Crippen LogP contribution is 2.19. The van der Waals surface area contributed by atoms with Crippen molar-refractivity contribution in [2.75, 3.05) is 13.7 Å². The van der Waals surface area contributed by atoms with Crippen LogP contribution in [0.1, 0.15) is 23.0 Å². The van der Waals surface area contributed by atoms with Gasteiger partial charge in [0.2, 0.25) is 5.91 Å². The summed E-state index contributed by atoms with van der Waals surface area (Å²) >= 11 is 0. The Bertz CT molecular complexity index is 602. The van der Waals surface area contributed by atoms with E-state index in [1.165, 1.54) is 6.08 Å². The molecule has 4 heteroatoms. The van der Waals surface area contributed by atoms with Crippen LogP contribution in [-0.2, 0) is 9.53 Å². The van der Waals surface area contributed by atoms with Crippen LogP contribution in [0.2, 0.25) is 0 Å². The lowest BCUT2D eigenvalue weighted by atomic mass is 10.0. The van der Waals surface area contributed by atoms with Crippen LogP contribution < -0.4 is 5.32 Å². The summed E-state index contributed by atoms with van der Waals surface area (Å²) in [7, 11) is 1.64. The smallest absolute Gasteiger partial charge is 0.244 e. The number of ether oxygens (including phenoxy) is 1. The number of furan rings is 1. The first-order valence-electron chi connectivity index (χ1n) is 6.78. The molecule has 1 atom stereocenters. The molecule has 0 aliphatic rings. The molecule has 1 aromatic heterocycles. The molecular formula is C17H19NO3. The largest absolute Gasteiger partial charge is 0.465 e. The van der Waals surface area contributed by atoms with Gasteiger partial charge >= 0.3 is 0 Å². The van der Waals surface area contributed by atoms with Crippen LogP contribution >= 0.6 is 0 Å². The minimum Gasteiger partial charge on any atom is -0.465 e. The molecule has 110 valence electrons. The summed E-state index contributed by atoms with van der Waals surface area (Å²) in [6.45, 7) is 2.45. The van der Waals surface area contributed by atoms with Crippen LogP contribution in [0.3, 0.4) is 0 Å². The molecule has 1 amide bonds. The van der Waals surface area contributed by atoms with Gasteiger partial charge in [0, 0.05) is 19.7 Å². The Morgan fingerprint density at radius 1 is 1.33 bits per heavy atom. The Labute approximate surface area is 124 Å². The fourth-order valence-corrected chi connectivity index (χ4v) is 2.06. The van der Waals surface area contributed by atoms with Gasteiger partial charge in [-0.15, -0.1) is 0 Å². The second-order valence-corrected chi connectivity index (χ2v) is 4.67. The van der Waals surface area contributed by atoms with Crippen LogP contribution in [0.4, 0.5) is 0 Å². The lowest BCUT2D eigenvalue weighted by Gasteiger charge is -2.18. The predicted octanol–water partition coefficient (Wildman–Crippen LogP) is 3.11. The zero-order valence-corrected chi connectivity index (χ0v) is 12.2. The van der Waals surface area contributed by atoms with Crippen molar-refractivity contribution in [2.45, 2.75) is 13.0 Å². The number of benzene rings is 1. The van der Waals surface area contributed by atoms with E-state index in [1.54, 1.807) is 31.6 Å². The highest BCUT2D eigenvalue weighted by atomic mass is 16.5. The van der Waals surface area contributed by atoms with Gasteiger partial charge in [0.15, 0.2) is 0 Å². The van der Waals surface area contributed by atoms with Crippen molar-refractivity contribution in [1.82, 2.24) is 5.32 Å². The van der Waals surface area contributed by atoms with Crippen molar-refractivity contribution in [3.8, 4) is 0 Å². The van der Waals surface area contributed by atoms with Crippen LogP contribution in [0.5, 0.6) is 0 Å². The van der Waals surface area contributed by atoms with E-state index in [2.05, 4.69) is 5.32 Å². The molecule has 0 bridgehead atoms. The molecule has 4 nitrogen and oxygen atoms in total. The van der Waals surface area contributed by atoms with Gasteiger partial charge in [-0.3, -0.25) is 4.79 Å². The van der Waals surface area contributed by atoms with Crippen LogP contribution in [0.15, 0.2) is 53.2 Å². The third-order valence-electron chi connectivity index (χ3n) is 3.22. The monoisotopic (exact) mass is 285 g/mol. The molecule has 1 aromatic carbocycles. The van der Waals surface area contributed by atoms with E-state index in [-0.39, 0.29) is 12.0 Å². The summed E-state index contributed by atoms with van der Waals surface area (Å²) in [4.78, 5) is 11.8. The number of carbonyl (C=O) groups excluding carboxylic acids is 1. The SMILES string of the molecule is CO[C@@H](CNC(=O)/C=C/c1ccco1)c1ccccc1C. The summed E-state index contributed by atoms with van der Waals surface area (Å²) in [5.74, 6) is 0.467. The van der Waals surface area contributed by atoms with Crippen molar-refractivity contribution in [3.05, 3.63) is 65.6 Å². The van der Waals surface area contributed by atoms with E-state index in [9.17, 15) is 4.79 Å². The maximum Gasteiger partial charge on any atom is 0.244 e. The van der Waals surface area contributed by atoms with Crippen molar-refractivity contribution in [2.24, 2.45) is 0 Å². The fourth-order valence-electron chi connectivity index (χ4n) is 2.06. The number of amides is 1. The van der Waals surface area contributed by atoms with Gasteiger partial charge in [0.05, 0.1) is 12.4 Å². The summed E-state index contributed by atoms with van der Waals surface area (Å²) in [5.41, 5.74) is 2.22. The van der Waals surface area contributed by atoms with Gasteiger partial charge in [-0.1, -0.05) is 24.3 Å². The van der Waals surface area contributed by atoms with Gasteiger partial charge in [-0.25, -0.2) is 0 Å². The molecule has 2 rings (SSSR count). The number of hydrogen-bond acceptors (Lipinski definition) is 3. The van der Waals surface area contributed by atoms with Crippen molar-refractivity contribution < 1.29 is 13.9 Å². The third-order valence-corrected chi connectivity index (χ3v) is 3.22. The van der Waals surface area contributed by atoms with Gasteiger partial charge in [0.25, 0.3) is 0 Å². The van der Waals surface area contributed by atoms with Crippen molar-refractivity contribution in [3.63, 3.8) is 0 Å². The molecule has 1 N–H and O–H groups in total. The molecule has 2 aromatic rings. The molecule has 0 unspecified atom stereocenters. The second-order valence-electron chi connectivity index (χ2n) is 4.67. The average molecular weight is 285 g/mol. The number of aryl methyl sites for hydroxylation is 1. The molecular weight excluding hydrogens is 266 g/mol. The third kappa shape index (κ3) is 4.33. The topological polar surface area (TPSA) is 51.5 Å². The molecule has 21 heavy (non-hydrogen) atoms. The van der Waals surface area contributed by atoms with Crippen LogP contribution in [0, 0.1) is 6.92 Å². The molecule has 0 fully saturated rings. The first-order valence-corrected chi connectivity index (χ1v) is 6.78. The Kier molecular flexibility index (Phi) is 5.35. The minimum atomic E-state index is -0.179. The second kappa shape index (κ2) is 7.45. The summed E-state index contributed by atoms with van der Waals surface area (Å²) in [6, 6.07) is 11.5. The molecule has 1 heterocycles. The van der Waals surface area contributed by atoms with E-state index >= 15 is 0 Å². The summed E-state index contributed by atoms with van der Waals surface area (Å²) < 4.78 is 10.6. The lowest BCUT2D eigenvalue weighted by molar-refractivity contribution is -0.117. The summed E-state index contributed by atoms with van der Waals surface area (Å²) in [6.07, 6.45) is 4.48. The predicted molar refractivity (Wildman–Crippen MR) is 81.7 cm³/mol. The first-order chi connectivity index (χ1) is 10.2. The van der Waals surface area contributed by atoms with Gasteiger partial charge in [-0.05, 0) is 36.3 Å². The van der Waals surface area contributed by atoms with Crippen LogP contribution in [0.25, 0.3) is 6.08 Å². The van der Waals surface area contributed by atoms with Crippen molar-refractivity contribution >= 4 is 12.0 Å². The number of methoxy groups -OCH3 is 1. The maximum absolute atomic E-state index is 11.8. The molecule has 0 radical (unpaired) electrons. The summed E-state index contributed by atoms with van der Waals surface area (Å²) in [5, 5.41) is 2.83. The zero-order chi connectivity index (χ0) is 15.1. The number of nitrogens with one attached hydrogen (secondary N) is 1. The Morgan fingerprint density at radius 2 is 2.14 bits per heavy atom. The van der Waals surface area contributed by atoms with Gasteiger partial charge < -0.3 is 14.5 Å². The van der Waals surface area contributed by atoms with E-state index in [0.29, 0.717) is 12.3 Å². The quantitative estimate of drug-likeness (QED) is 0.830. The van der Waals surface area contributed by atoms with E-state index < -0.39 is 0 Å². The normalized spacial score (nSPS) is 12.5. The average Bonchev–Trinajstić information content (AvgIpc) is 3.01. The lowest BCUT2D eigenvalue weighted by Crippen LogP contribution is -2.27. The molecule has 0 aliphatic heterocycles. The molecule has 0 saturated carbocycles. The minimum absolute atomic E-state index is 0.160. The Balaban J connectivity index is 1.91. The van der Waals surface area contributed by atoms with E-state index in [0.717, 1.165) is 11.1 Å². The van der Waals surface area contributed by atoms with Gasteiger partial charge in [0.1, 0.15) is 5.76 Å². The highest BCUT2D eigenvalue weighted by Gasteiger charge is 2.13. The van der Waals surface area contributed by atoms with E-state index in [4.69, 9.17) is 9.15 Å². The maximum atomic E-state index is 11.8. The number of carbonyl (C=O) groups is 1. The highest BCUT2D eigenvalue weighted by molar-refractivity contribution is 5.91. The number of rotatable bonds is 6. The van der Waals surface area contributed by atoms with E-state index in [1.807, 2.05) is 31.2 Å². The molecule has 0 saturated heterocycles. The number of hydrogen-bond donors (Lipinski definition) is 1. The van der Waals surface area contributed by atoms with Gasteiger partial charge in [-0.2, -0.15) is 0 Å².